The maximum absolute atomic E-state index is 13.2. The van der Waals surface area contributed by atoms with E-state index in [2.05, 4.69) is 0 Å². The number of likely N-dealkylation sites (tertiary alicyclic amines) is 1. The lowest BCUT2D eigenvalue weighted by Gasteiger charge is -2.32. The Morgan fingerprint density at radius 1 is 1.75 bits per heavy atom. The van der Waals surface area contributed by atoms with Crippen molar-refractivity contribution in [3.63, 3.8) is 0 Å². The van der Waals surface area contributed by atoms with E-state index in [-0.39, 0.29) is 11.7 Å². The molecule has 0 amide bonds. The molecule has 1 atom stereocenters. The van der Waals surface area contributed by atoms with Crippen LogP contribution in [0.15, 0.2) is 0 Å². The van der Waals surface area contributed by atoms with Gasteiger partial charge in [-0.3, -0.25) is 15.7 Å². The maximum atomic E-state index is 13.2. The zero-order valence-electron chi connectivity index (χ0n) is 7.23. The Bertz CT molecular complexity index is 194. The van der Waals surface area contributed by atoms with Crippen molar-refractivity contribution in [2.75, 3.05) is 0 Å². The van der Waals surface area contributed by atoms with Gasteiger partial charge >= 0.3 is 0 Å². The van der Waals surface area contributed by atoms with Crippen LogP contribution in [0.3, 0.4) is 0 Å². The molecule has 0 aliphatic carbocycles. The highest BCUT2D eigenvalue weighted by Gasteiger charge is 2.27. The van der Waals surface area contributed by atoms with Gasteiger partial charge in [-0.25, -0.2) is 4.39 Å². The number of halogens is 1. The van der Waals surface area contributed by atoms with Crippen LogP contribution in [0.25, 0.3) is 0 Å². The lowest BCUT2D eigenvalue weighted by Crippen LogP contribution is -2.44. The molecule has 0 saturated carbocycles. The molecule has 0 bridgehead atoms. The van der Waals surface area contributed by atoms with E-state index in [0.717, 1.165) is 6.42 Å². The van der Waals surface area contributed by atoms with Crippen molar-refractivity contribution < 1.29 is 4.39 Å². The summed E-state index contributed by atoms with van der Waals surface area (Å²) in [4.78, 5) is 1.20. The van der Waals surface area contributed by atoms with Crippen molar-refractivity contribution in [3.8, 4) is 0 Å². The van der Waals surface area contributed by atoms with E-state index in [1.165, 1.54) is 4.90 Å². The lowest BCUT2D eigenvalue weighted by molar-refractivity contribution is 0.179. The molecule has 1 heterocycles. The predicted octanol–water partition coefficient (Wildman–Crippen LogP) is 2.13. The third-order valence-electron chi connectivity index (χ3n) is 2.05. The van der Waals surface area contributed by atoms with Gasteiger partial charge in [-0.05, 0) is 12.8 Å². The highest BCUT2D eigenvalue weighted by molar-refractivity contribution is 5.98. The van der Waals surface area contributed by atoms with Crippen molar-refractivity contribution in [1.82, 2.24) is 4.90 Å². The van der Waals surface area contributed by atoms with Gasteiger partial charge < -0.3 is 0 Å². The second kappa shape index (κ2) is 3.65. The summed E-state index contributed by atoms with van der Waals surface area (Å²) in [6.07, 6.45) is 1.13. The minimum atomic E-state index is -1.14. The molecule has 2 N–H and O–H groups in total. The molecule has 1 unspecified atom stereocenters. The Balaban J connectivity index is 2.69. The Labute approximate surface area is 71.6 Å². The van der Waals surface area contributed by atoms with E-state index < -0.39 is 6.30 Å². The van der Waals surface area contributed by atoms with Crippen LogP contribution in [0.5, 0.6) is 0 Å². The average Bonchev–Trinajstić information content (AvgIpc) is 2.03. The van der Waals surface area contributed by atoms with Crippen LogP contribution in [-0.2, 0) is 0 Å². The molecule has 0 aromatic heterocycles. The van der Waals surface area contributed by atoms with Gasteiger partial charge in [0.2, 0.25) is 0 Å². The molecule has 1 rings (SSSR count). The summed E-state index contributed by atoms with van der Waals surface area (Å²) < 4.78 is 13.2. The van der Waals surface area contributed by atoms with Crippen LogP contribution in [0, 0.1) is 10.8 Å². The highest BCUT2D eigenvalue weighted by Crippen LogP contribution is 2.20. The monoisotopic (exact) mass is 171 g/mol. The molecule has 1 fully saturated rings. The Morgan fingerprint density at radius 3 is 2.92 bits per heavy atom. The summed E-state index contributed by atoms with van der Waals surface area (Å²) in [5.74, 6) is 0.466. The fourth-order valence-corrected chi connectivity index (χ4v) is 1.36. The van der Waals surface area contributed by atoms with Crippen LogP contribution in [0.1, 0.15) is 32.6 Å². The first kappa shape index (κ1) is 9.16. The number of alkyl halides is 1. The first-order chi connectivity index (χ1) is 5.66. The lowest BCUT2D eigenvalue weighted by atomic mass is 10.1. The first-order valence-corrected chi connectivity index (χ1v) is 4.25. The molecule has 12 heavy (non-hydrogen) atoms. The van der Waals surface area contributed by atoms with E-state index in [4.69, 9.17) is 10.8 Å². The molecule has 1 aliphatic rings. The second-order valence-corrected chi connectivity index (χ2v) is 2.94. The number of hydrogen-bond donors (Lipinski definition) is 2. The van der Waals surface area contributed by atoms with Crippen LogP contribution in [0.4, 0.5) is 4.39 Å². The topological polar surface area (TPSA) is 50.9 Å². The van der Waals surface area contributed by atoms with Gasteiger partial charge in [0.1, 0.15) is 11.7 Å². The van der Waals surface area contributed by atoms with Gasteiger partial charge in [-0.15, -0.1) is 0 Å². The quantitative estimate of drug-likeness (QED) is 0.354. The molecule has 68 valence electrons. The average molecular weight is 171 g/mol. The van der Waals surface area contributed by atoms with Crippen molar-refractivity contribution in [3.05, 3.63) is 0 Å². The number of hydrogen-bond acceptors (Lipinski definition) is 2. The van der Waals surface area contributed by atoms with E-state index in [9.17, 15) is 4.39 Å². The number of nitrogens with zero attached hydrogens (tertiary/aromatic N) is 1. The normalized spacial score (nSPS) is 24.3. The minimum Gasteiger partial charge on any atom is -0.288 e. The Hall–Kier alpha value is -0.930. The molecule has 1 aliphatic heterocycles. The molecule has 0 aromatic rings. The summed E-state index contributed by atoms with van der Waals surface area (Å²) in [5, 5.41) is 14.9. The molecule has 4 heteroatoms. The van der Waals surface area contributed by atoms with Crippen LogP contribution >= 0.6 is 0 Å². The smallest absolute Gasteiger partial charge is 0.178 e. The van der Waals surface area contributed by atoms with Gasteiger partial charge in [0.15, 0.2) is 6.30 Å². The molecule has 1 saturated heterocycles. The number of rotatable bonds is 1. The molecular formula is C8H14FN3. The SMILES string of the molecule is CCC(=N)N1C(=N)CCCC1F. The van der Waals surface area contributed by atoms with Gasteiger partial charge in [0.25, 0.3) is 0 Å². The summed E-state index contributed by atoms with van der Waals surface area (Å²) >= 11 is 0. The van der Waals surface area contributed by atoms with Gasteiger partial charge in [-0.1, -0.05) is 6.92 Å². The molecule has 0 radical (unpaired) electrons. The molecule has 0 aromatic carbocycles. The van der Waals surface area contributed by atoms with Crippen LogP contribution < -0.4 is 0 Å². The van der Waals surface area contributed by atoms with Gasteiger partial charge in [0.05, 0.1) is 0 Å². The number of piperidine rings is 1. The fourth-order valence-electron chi connectivity index (χ4n) is 1.36. The zero-order chi connectivity index (χ0) is 9.14. The van der Waals surface area contributed by atoms with Crippen LogP contribution in [-0.4, -0.2) is 22.9 Å². The minimum absolute atomic E-state index is 0.215. The van der Waals surface area contributed by atoms with Gasteiger partial charge in [-0.2, -0.15) is 0 Å². The molecule has 0 spiro atoms. The predicted molar refractivity (Wildman–Crippen MR) is 46.3 cm³/mol. The molecule has 3 nitrogen and oxygen atoms in total. The fraction of sp³-hybridized carbons (Fsp3) is 0.750. The third-order valence-corrected chi connectivity index (χ3v) is 2.05. The summed E-state index contributed by atoms with van der Waals surface area (Å²) in [7, 11) is 0. The Morgan fingerprint density at radius 2 is 2.42 bits per heavy atom. The third kappa shape index (κ3) is 1.62. The summed E-state index contributed by atoms with van der Waals surface area (Å²) in [5.41, 5.74) is 0. The van der Waals surface area contributed by atoms with Crippen molar-refractivity contribution in [2.45, 2.75) is 38.9 Å². The van der Waals surface area contributed by atoms with E-state index in [1.807, 2.05) is 0 Å². The number of amidine groups is 2. The number of nitrogens with one attached hydrogen (secondary N) is 2. The Kier molecular flexibility index (Phi) is 2.78. The summed E-state index contributed by atoms with van der Waals surface area (Å²) in [6, 6.07) is 0. The molecular weight excluding hydrogens is 157 g/mol. The van der Waals surface area contributed by atoms with E-state index >= 15 is 0 Å². The zero-order valence-corrected chi connectivity index (χ0v) is 7.23. The standard InChI is InChI=1S/C8H14FN3/c1-2-7(10)12-6(9)4-3-5-8(12)11/h6,10-11H,2-5H2,1H3. The van der Waals surface area contributed by atoms with E-state index in [1.54, 1.807) is 6.92 Å². The largest absolute Gasteiger partial charge is 0.288 e. The highest BCUT2D eigenvalue weighted by atomic mass is 19.1. The van der Waals surface area contributed by atoms with Crippen molar-refractivity contribution >= 4 is 11.7 Å². The van der Waals surface area contributed by atoms with Crippen molar-refractivity contribution in [1.29, 1.82) is 10.8 Å². The maximum Gasteiger partial charge on any atom is 0.178 e. The van der Waals surface area contributed by atoms with Crippen LogP contribution in [0.2, 0.25) is 0 Å². The first-order valence-electron chi connectivity index (χ1n) is 4.25. The van der Waals surface area contributed by atoms with Gasteiger partial charge in [0, 0.05) is 12.8 Å². The second-order valence-electron chi connectivity index (χ2n) is 2.94. The van der Waals surface area contributed by atoms with Crippen molar-refractivity contribution in [2.24, 2.45) is 0 Å². The summed E-state index contributed by atoms with van der Waals surface area (Å²) in [6.45, 7) is 1.80. The van der Waals surface area contributed by atoms with E-state index in [0.29, 0.717) is 19.3 Å².